The standard InChI is InChI=1S/C9H12F3NO3/c1-5-2-6(7(14)15)4-13(3-5)8(16)9(10,11)12/h5-6H,2-4H2,1H3,(H,14,15)/t5-,6+/m1/s1. The highest BCUT2D eigenvalue weighted by Gasteiger charge is 2.45. The highest BCUT2D eigenvalue weighted by atomic mass is 19.4. The van der Waals surface area contributed by atoms with E-state index in [1.807, 2.05) is 0 Å². The lowest BCUT2D eigenvalue weighted by molar-refractivity contribution is -0.188. The third-order valence-electron chi connectivity index (χ3n) is 2.54. The maximum absolute atomic E-state index is 12.2. The average molecular weight is 239 g/mol. The van der Waals surface area contributed by atoms with E-state index in [4.69, 9.17) is 5.11 Å². The lowest BCUT2D eigenvalue weighted by atomic mass is 9.90. The van der Waals surface area contributed by atoms with Crippen LogP contribution in [0, 0.1) is 11.8 Å². The molecule has 0 bridgehead atoms. The van der Waals surface area contributed by atoms with Gasteiger partial charge in [-0.2, -0.15) is 13.2 Å². The van der Waals surface area contributed by atoms with Crippen LogP contribution in [0.1, 0.15) is 13.3 Å². The highest BCUT2D eigenvalue weighted by Crippen LogP contribution is 2.26. The van der Waals surface area contributed by atoms with Crippen molar-refractivity contribution < 1.29 is 27.9 Å². The van der Waals surface area contributed by atoms with Crippen molar-refractivity contribution in [3.05, 3.63) is 0 Å². The van der Waals surface area contributed by atoms with E-state index in [-0.39, 0.29) is 19.0 Å². The van der Waals surface area contributed by atoms with Crippen LogP contribution >= 0.6 is 0 Å². The molecule has 1 rings (SSSR count). The number of nitrogens with zero attached hydrogens (tertiary/aromatic N) is 1. The number of piperidine rings is 1. The number of aliphatic carboxylic acids is 1. The second-order valence-electron chi connectivity index (χ2n) is 4.08. The molecule has 1 aliphatic heterocycles. The summed E-state index contributed by atoms with van der Waals surface area (Å²) >= 11 is 0. The van der Waals surface area contributed by atoms with Gasteiger partial charge in [0.1, 0.15) is 0 Å². The molecule has 0 aromatic heterocycles. The predicted octanol–water partition coefficient (Wildman–Crippen LogP) is 1.12. The van der Waals surface area contributed by atoms with E-state index >= 15 is 0 Å². The first-order valence-electron chi connectivity index (χ1n) is 4.80. The predicted molar refractivity (Wildman–Crippen MR) is 47.5 cm³/mol. The molecule has 0 spiro atoms. The summed E-state index contributed by atoms with van der Waals surface area (Å²) in [5.41, 5.74) is 0. The van der Waals surface area contributed by atoms with Gasteiger partial charge in [-0.05, 0) is 12.3 Å². The minimum atomic E-state index is -4.93. The molecule has 1 aliphatic rings. The number of likely N-dealkylation sites (tertiary alicyclic amines) is 1. The molecule has 16 heavy (non-hydrogen) atoms. The van der Waals surface area contributed by atoms with Crippen molar-refractivity contribution in [2.75, 3.05) is 13.1 Å². The van der Waals surface area contributed by atoms with Gasteiger partial charge in [-0.3, -0.25) is 9.59 Å². The zero-order valence-electron chi connectivity index (χ0n) is 8.62. The summed E-state index contributed by atoms with van der Waals surface area (Å²) in [5, 5.41) is 8.74. The summed E-state index contributed by atoms with van der Waals surface area (Å²) in [6.45, 7) is 1.23. The van der Waals surface area contributed by atoms with Gasteiger partial charge in [0.15, 0.2) is 0 Å². The first-order valence-corrected chi connectivity index (χ1v) is 4.80. The van der Waals surface area contributed by atoms with E-state index in [0.717, 1.165) is 0 Å². The molecule has 1 amide bonds. The first kappa shape index (κ1) is 12.8. The molecule has 0 saturated carbocycles. The van der Waals surface area contributed by atoms with Gasteiger partial charge in [0.05, 0.1) is 5.92 Å². The molecule has 4 nitrogen and oxygen atoms in total. The van der Waals surface area contributed by atoms with Gasteiger partial charge in [-0.25, -0.2) is 0 Å². The zero-order chi connectivity index (χ0) is 12.5. The lowest BCUT2D eigenvalue weighted by Crippen LogP contribution is -2.50. The minimum Gasteiger partial charge on any atom is -0.481 e. The number of rotatable bonds is 1. The summed E-state index contributed by atoms with van der Waals surface area (Å²) < 4.78 is 36.5. The smallest absolute Gasteiger partial charge is 0.471 e. The van der Waals surface area contributed by atoms with Gasteiger partial charge in [0, 0.05) is 13.1 Å². The SMILES string of the molecule is C[C@@H]1C[C@H](C(=O)O)CN(C(=O)C(F)(F)F)C1. The van der Waals surface area contributed by atoms with Crippen molar-refractivity contribution in [1.82, 2.24) is 4.90 Å². The van der Waals surface area contributed by atoms with E-state index in [2.05, 4.69) is 0 Å². The van der Waals surface area contributed by atoms with Crippen LogP contribution in [0.4, 0.5) is 13.2 Å². The van der Waals surface area contributed by atoms with Crippen molar-refractivity contribution >= 4 is 11.9 Å². The van der Waals surface area contributed by atoms with Crippen molar-refractivity contribution in [2.24, 2.45) is 11.8 Å². The molecule has 0 aliphatic carbocycles. The van der Waals surface area contributed by atoms with Gasteiger partial charge >= 0.3 is 18.1 Å². The molecule has 1 heterocycles. The van der Waals surface area contributed by atoms with E-state index < -0.39 is 24.0 Å². The molecule has 7 heteroatoms. The van der Waals surface area contributed by atoms with Gasteiger partial charge < -0.3 is 10.0 Å². The van der Waals surface area contributed by atoms with Gasteiger partial charge in [-0.1, -0.05) is 6.92 Å². The van der Waals surface area contributed by atoms with Crippen molar-refractivity contribution in [3.63, 3.8) is 0 Å². The Morgan fingerprint density at radius 1 is 1.31 bits per heavy atom. The number of carboxylic acid groups (broad SMARTS) is 1. The third-order valence-corrected chi connectivity index (χ3v) is 2.54. The molecular weight excluding hydrogens is 227 g/mol. The largest absolute Gasteiger partial charge is 0.481 e. The molecular formula is C9H12F3NO3. The second kappa shape index (κ2) is 4.31. The molecule has 0 aromatic rings. The third kappa shape index (κ3) is 2.86. The Labute approximate surface area is 90.0 Å². The zero-order valence-corrected chi connectivity index (χ0v) is 8.62. The van der Waals surface area contributed by atoms with Crippen LogP contribution in [0.2, 0.25) is 0 Å². The molecule has 0 unspecified atom stereocenters. The maximum Gasteiger partial charge on any atom is 0.471 e. The Morgan fingerprint density at radius 3 is 2.31 bits per heavy atom. The van der Waals surface area contributed by atoms with E-state index in [1.165, 1.54) is 0 Å². The number of carbonyl (C=O) groups is 2. The van der Waals surface area contributed by atoms with Crippen LogP contribution in [0.3, 0.4) is 0 Å². The van der Waals surface area contributed by atoms with Crippen molar-refractivity contribution in [1.29, 1.82) is 0 Å². The van der Waals surface area contributed by atoms with E-state index in [9.17, 15) is 22.8 Å². The quantitative estimate of drug-likeness (QED) is 0.745. The van der Waals surface area contributed by atoms with Crippen LogP contribution in [0.25, 0.3) is 0 Å². The maximum atomic E-state index is 12.2. The van der Waals surface area contributed by atoms with Gasteiger partial charge in [-0.15, -0.1) is 0 Å². The topological polar surface area (TPSA) is 57.6 Å². The number of hydrogen-bond donors (Lipinski definition) is 1. The molecule has 0 aromatic carbocycles. The van der Waals surface area contributed by atoms with Crippen molar-refractivity contribution in [2.45, 2.75) is 19.5 Å². The summed E-state index contributed by atoms with van der Waals surface area (Å²) in [5.74, 6) is -4.26. The fraction of sp³-hybridized carbons (Fsp3) is 0.778. The van der Waals surface area contributed by atoms with Crippen LogP contribution < -0.4 is 0 Å². The van der Waals surface area contributed by atoms with Crippen LogP contribution in [0.15, 0.2) is 0 Å². The Balaban J connectivity index is 2.75. The van der Waals surface area contributed by atoms with Crippen LogP contribution in [0.5, 0.6) is 0 Å². The Kier molecular flexibility index (Phi) is 3.44. The fourth-order valence-electron chi connectivity index (χ4n) is 1.88. The lowest BCUT2D eigenvalue weighted by Gasteiger charge is -2.34. The minimum absolute atomic E-state index is 0.0396. The number of carboxylic acids is 1. The molecule has 1 saturated heterocycles. The molecule has 1 N–H and O–H groups in total. The second-order valence-corrected chi connectivity index (χ2v) is 4.08. The summed E-state index contributed by atoms with van der Waals surface area (Å²) in [7, 11) is 0. The molecule has 0 radical (unpaired) electrons. The Morgan fingerprint density at radius 2 is 1.88 bits per heavy atom. The van der Waals surface area contributed by atoms with Gasteiger partial charge in [0.2, 0.25) is 0 Å². The monoisotopic (exact) mass is 239 g/mol. The normalized spacial score (nSPS) is 26.6. The summed E-state index contributed by atoms with van der Waals surface area (Å²) in [6.07, 6.45) is -4.63. The van der Waals surface area contributed by atoms with Crippen LogP contribution in [-0.2, 0) is 9.59 Å². The van der Waals surface area contributed by atoms with E-state index in [1.54, 1.807) is 6.92 Å². The summed E-state index contributed by atoms with van der Waals surface area (Å²) in [4.78, 5) is 22.2. The number of carbonyl (C=O) groups excluding carboxylic acids is 1. The first-order chi connectivity index (χ1) is 7.21. The molecule has 1 fully saturated rings. The number of hydrogen-bond acceptors (Lipinski definition) is 2. The Bertz CT molecular complexity index is 303. The molecule has 2 atom stereocenters. The number of amides is 1. The number of halogens is 3. The Hall–Kier alpha value is -1.27. The fourth-order valence-corrected chi connectivity index (χ4v) is 1.88. The van der Waals surface area contributed by atoms with Crippen LogP contribution in [-0.4, -0.2) is 41.1 Å². The average Bonchev–Trinajstić information content (AvgIpc) is 2.14. The summed E-state index contributed by atoms with van der Waals surface area (Å²) in [6, 6.07) is 0. The van der Waals surface area contributed by atoms with Gasteiger partial charge in [0.25, 0.3) is 0 Å². The number of alkyl halides is 3. The highest BCUT2D eigenvalue weighted by molar-refractivity contribution is 5.82. The van der Waals surface area contributed by atoms with Crippen molar-refractivity contribution in [3.8, 4) is 0 Å². The van der Waals surface area contributed by atoms with E-state index in [0.29, 0.717) is 11.3 Å². The molecule has 92 valence electrons.